The van der Waals surface area contributed by atoms with Crippen LogP contribution in [0, 0.1) is 5.92 Å². The van der Waals surface area contributed by atoms with E-state index in [-0.39, 0.29) is 23.8 Å². The minimum Gasteiger partial charge on any atom is -0.493 e. The summed E-state index contributed by atoms with van der Waals surface area (Å²) < 4.78 is 15.9. The average Bonchev–Trinajstić information content (AvgIpc) is 3.52. The van der Waals surface area contributed by atoms with Crippen molar-refractivity contribution < 1.29 is 23.8 Å². The number of ether oxygens (including phenoxy) is 3. The lowest BCUT2D eigenvalue weighted by Crippen LogP contribution is -2.47. The molecule has 2 amide bonds. The Balaban J connectivity index is 1.62. The lowest BCUT2D eigenvalue weighted by Gasteiger charge is -2.32. The lowest BCUT2D eigenvalue weighted by molar-refractivity contribution is -0.133. The van der Waals surface area contributed by atoms with Crippen molar-refractivity contribution in [3.63, 3.8) is 0 Å². The van der Waals surface area contributed by atoms with Crippen LogP contribution in [0.25, 0.3) is 0 Å². The highest BCUT2D eigenvalue weighted by atomic mass is 16.5. The van der Waals surface area contributed by atoms with Crippen LogP contribution >= 0.6 is 0 Å². The molecule has 0 bridgehead atoms. The van der Waals surface area contributed by atoms with Gasteiger partial charge in [-0.1, -0.05) is 0 Å². The Labute approximate surface area is 153 Å². The molecule has 0 radical (unpaired) electrons. The Bertz CT molecular complexity index is 654. The van der Waals surface area contributed by atoms with Gasteiger partial charge in [0.25, 0.3) is 5.91 Å². The number of carbonyl (C=O) groups excluding carboxylic acids is 2. The van der Waals surface area contributed by atoms with E-state index in [0.29, 0.717) is 35.9 Å². The van der Waals surface area contributed by atoms with Crippen LogP contribution < -0.4 is 19.5 Å². The molecule has 26 heavy (non-hydrogen) atoms. The summed E-state index contributed by atoms with van der Waals surface area (Å²) in [4.78, 5) is 26.7. The van der Waals surface area contributed by atoms with Gasteiger partial charge in [-0.05, 0) is 37.8 Å². The zero-order valence-corrected chi connectivity index (χ0v) is 15.5. The average molecular weight is 362 g/mol. The van der Waals surface area contributed by atoms with Gasteiger partial charge in [-0.2, -0.15) is 0 Å². The molecule has 1 saturated carbocycles. The predicted molar refractivity (Wildman–Crippen MR) is 95.9 cm³/mol. The highest BCUT2D eigenvalue weighted by molar-refractivity contribution is 5.95. The molecule has 7 heteroatoms. The number of amides is 2. The number of nitrogens with one attached hydrogen (secondary N) is 1. The third-order valence-corrected chi connectivity index (χ3v) is 5.00. The zero-order chi connectivity index (χ0) is 18.7. The van der Waals surface area contributed by atoms with Gasteiger partial charge in [0.1, 0.15) is 0 Å². The quantitative estimate of drug-likeness (QED) is 0.836. The van der Waals surface area contributed by atoms with Gasteiger partial charge < -0.3 is 24.4 Å². The minimum absolute atomic E-state index is 0.0600. The fraction of sp³-hybridized carbons (Fsp3) is 0.579. The first-order chi connectivity index (χ1) is 12.6. The molecule has 1 aromatic rings. The number of methoxy groups -OCH3 is 3. The molecule has 0 spiro atoms. The van der Waals surface area contributed by atoms with Gasteiger partial charge in [0.05, 0.1) is 21.3 Å². The second-order valence-corrected chi connectivity index (χ2v) is 6.76. The molecule has 0 atom stereocenters. The Kier molecular flexibility index (Phi) is 5.54. The number of hydrogen-bond acceptors (Lipinski definition) is 5. The van der Waals surface area contributed by atoms with Gasteiger partial charge in [-0.15, -0.1) is 0 Å². The van der Waals surface area contributed by atoms with E-state index >= 15 is 0 Å². The third-order valence-electron chi connectivity index (χ3n) is 5.00. The molecule has 1 aliphatic heterocycles. The Hall–Kier alpha value is -2.44. The van der Waals surface area contributed by atoms with E-state index in [1.807, 2.05) is 4.90 Å². The van der Waals surface area contributed by atoms with Crippen LogP contribution in [-0.2, 0) is 4.79 Å². The summed E-state index contributed by atoms with van der Waals surface area (Å²) in [5, 5.41) is 3.05. The predicted octanol–water partition coefficient (Wildman–Crippen LogP) is 1.84. The van der Waals surface area contributed by atoms with Crippen molar-refractivity contribution in [2.45, 2.75) is 31.7 Å². The van der Waals surface area contributed by atoms with Crippen molar-refractivity contribution >= 4 is 11.8 Å². The second-order valence-electron chi connectivity index (χ2n) is 6.76. The summed E-state index contributed by atoms with van der Waals surface area (Å²) in [7, 11) is 4.56. The van der Waals surface area contributed by atoms with Crippen LogP contribution in [-0.4, -0.2) is 57.2 Å². The molecule has 142 valence electrons. The number of rotatable bonds is 6. The van der Waals surface area contributed by atoms with Gasteiger partial charge in [-0.25, -0.2) is 0 Å². The third kappa shape index (κ3) is 3.86. The zero-order valence-electron chi connectivity index (χ0n) is 15.5. The number of benzene rings is 1. The van der Waals surface area contributed by atoms with Crippen molar-refractivity contribution in [1.82, 2.24) is 10.2 Å². The largest absolute Gasteiger partial charge is 0.493 e. The van der Waals surface area contributed by atoms with Gasteiger partial charge in [0.15, 0.2) is 11.5 Å². The first-order valence-corrected chi connectivity index (χ1v) is 8.97. The number of likely N-dealkylation sites (tertiary alicyclic amines) is 1. The molecule has 1 N–H and O–H groups in total. The molecule has 0 aromatic heterocycles. The van der Waals surface area contributed by atoms with Crippen molar-refractivity contribution in [1.29, 1.82) is 0 Å². The first-order valence-electron chi connectivity index (χ1n) is 8.97. The van der Waals surface area contributed by atoms with Gasteiger partial charge in [0.2, 0.25) is 11.7 Å². The highest BCUT2D eigenvalue weighted by Gasteiger charge is 2.35. The molecule has 1 aliphatic carbocycles. The van der Waals surface area contributed by atoms with E-state index < -0.39 is 0 Å². The normalized spacial score (nSPS) is 17.6. The minimum atomic E-state index is -0.184. The topological polar surface area (TPSA) is 77.1 Å². The maximum Gasteiger partial charge on any atom is 0.251 e. The summed E-state index contributed by atoms with van der Waals surface area (Å²) >= 11 is 0. The van der Waals surface area contributed by atoms with E-state index in [9.17, 15) is 9.59 Å². The van der Waals surface area contributed by atoms with E-state index in [0.717, 1.165) is 25.7 Å². The van der Waals surface area contributed by atoms with Gasteiger partial charge in [-0.3, -0.25) is 9.59 Å². The molecule has 7 nitrogen and oxygen atoms in total. The van der Waals surface area contributed by atoms with Crippen LogP contribution in [0.5, 0.6) is 17.2 Å². The molecule has 2 aliphatic rings. The number of carbonyl (C=O) groups is 2. The second kappa shape index (κ2) is 7.85. The number of piperidine rings is 1. The van der Waals surface area contributed by atoms with E-state index in [2.05, 4.69) is 5.32 Å². The summed E-state index contributed by atoms with van der Waals surface area (Å²) in [6.07, 6.45) is 3.59. The summed E-state index contributed by atoms with van der Waals surface area (Å²) in [6.45, 7) is 1.41. The molecular formula is C19H26N2O5. The van der Waals surface area contributed by atoms with Crippen molar-refractivity contribution in [3.05, 3.63) is 17.7 Å². The monoisotopic (exact) mass is 362 g/mol. The van der Waals surface area contributed by atoms with E-state index in [4.69, 9.17) is 14.2 Å². The molecular weight excluding hydrogens is 336 g/mol. The Morgan fingerprint density at radius 3 is 2.00 bits per heavy atom. The van der Waals surface area contributed by atoms with Gasteiger partial charge in [0, 0.05) is 30.6 Å². The molecule has 0 unspecified atom stereocenters. The van der Waals surface area contributed by atoms with Crippen LogP contribution in [0.15, 0.2) is 12.1 Å². The Morgan fingerprint density at radius 1 is 0.962 bits per heavy atom. The Morgan fingerprint density at radius 2 is 1.54 bits per heavy atom. The summed E-state index contributed by atoms with van der Waals surface area (Å²) in [5.74, 6) is 1.69. The lowest BCUT2D eigenvalue weighted by atomic mass is 10.0. The van der Waals surface area contributed by atoms with Crippen LogP contribution in [0.2, 0.25) is 0 Å². The van der Waals surface area contributed by atoms with Crippen LogP contribution in [0.4, 0.5) is 0 Å². The van der Waals surface area contributed by atoms with Crippen molar-refractivity contribution in [2.24, 2.45) is 5.92 Å². The van der Waals surface area contributed by atoms with Crippen molar-refractivity contribution in [2.75, 3.05) is 34.4 Å². The molecule has 1 aromatic carbocycles. The molecule has 3 rings (SSSR count). The standard InChI is InChI=1S/C19H26N2O5/c1-24-15-10-13(11-16(25-2)17(15)26-3)18(22)20-14-6-8-21(9-7-14)19(23)12-4-5-12/h10-12,14H,4-9H2,1-3H3,(H,20,22). The smallest absolute Gasteiger partial charge is 0.251 e. The number of nitrogens with zero attached hydrogens (tertiary/aromatic N) is 1. The fourth-order valence-corrected chi connectivity index (χ4v) is 3.31. The van der Waals surface area contributed by atoms with Crippen LogP contribution in [0.3, 0.4) is 0 Å². The van der Waals surface area contributed by atoms with E-state index in [1.54, 1.807) is 12.1 Å². The molecule has 2 fully saturated rings. The van der Waals surface area contributed by atoms with Crippen LogP contribution in [0.1, 0.15) is 36.0 Å². The van der Waals surface area contributed by atoms with Gasteiger partial charge >= 0.3 is 0 Å². The van der Waals surface area contributed by atoms with E-state index in [1.165, 1.54) is 21.3 Å². The molecule has 1 saturated heterocycles. The van der Waals surface area contributed by atoms with Crippen molar-refractivity contribution in [3.8, 4) is 17.2 Å². The fourth-order valence-electron chi connectivity index (χ4n) is 3.31. The summed E-state index contributed by atoms with van der Waals surface area (Å²) in [6, 6.07) is 3.34. The maximum absolute atomic E-state index is 12.6. The first kappa shape index (κ1) is 18.4. The SMILES string of the molecule is COc1cc(C(=O)NC2CCN(C(=O)C3CC3)CC2)cc(OC)c1OC. The number of hydrogen-bond donors (Lipinski definition) is 1. The molecule has 1 heterocycles. The highest BCUT2D eigenvalue weighted by Crippen LogP contribution is 2.38. The maximum atomic E-state index is 12.6. The summed E-state index contributed by atoms with van der Waals surface area (Å²) in [5.41, 5.74) is 0.455.